The number of amides is 1. The standard InChI is InChI=1S/C17H29N3O2/c1-4-11-20(5-2)17(21)16(18)9-10-19-13-14-7-6-8-15(12-14)22-3/h6-8,12,16,19H,4-5,9-11,13,18H2,1-3H3/t16-/m0/s1. The Balaban J connectivity index is 2.32. The number of ether oxygens (including phenoxy) is 1. The van der Waals surface area contributed by atoms with Gasteiger partial charge < -0.3 is 20.7 Å². The smallest absolute Gasteiger partial charge is 0.239 e. The Bertz CT molecular complexity index is 451. The molecule has 0 radical (unpaired) electrons. The summed E-state index contributed by atoms with van der Waals surface area (Å²) in [7, 11) is 1.66. The highest BCUT2D eigenvalue weighted by Crippen LogP contribution is 2.12. The SMILES string of the molecule is CCCN(CC)C(=O)[C@@H](N)CCNCc1cccc(OC)c1. The molecule has 5 heteroatoms. The molecular weight excluding hydrogens is 278 g/mol. The third-order valence-corrected chi connectivity index (χ3v) is 3.60. The number of hydrogen-bond acceptors (Lipinski definition) is 4. The predicted octanol–water partition coefficient (Wildman–Crippen LogP) is 1.76. The van der Waals surface area contributed by atoms with Gasteiger partial charge in [0.15, 0.2) is 0 Å². The zero-order valence-corrected chi connectivity index (χ0v) is 14.0. The molecule has 22 heavy (non-hydrogen) atoms. The molecule has 0 spiro atoms. The molecule has 1 rings (SSSR count). The highest BCUT2D eigenvalue weighted by molar-refractivity contribution is 5.81. The Morgan fingerprint density at radius 2 is 2.18 bits per heavy atom. The fourth-order valence-electron chi connectivity index (χ4n) is 2.32. The van der Waals surface area contributed by atoms with E-state index in [0.717, 1.165) is 37.4 Å². The maximum atomic E-state index is 12.2. The van der Waals surface area contributed by atoms with Crippen molar-refractivity contribution in [3.63, 3.8) is 0 Å². The summed E-state index contributed by atoms with van der Waals surface area (Å²) in [6.07, 6.45) is 1.60. The Morgan fingerprint density at radius 1 is 1.41 bits per heavy atom. The number of hydrogen-bond donors (Lipinski definition) is 2. The Kier molecular flexibility index (Phi) is 8.55. The van der Waals surface area contributed by atoms with Crippen LogP contribution in [-0.2, 0) is 11.3 Å². The van der Waals surface area contributed by atoms with E-state index in [4.69, 9.17) is 10.5 Å². The average molecular weight is 307 g/mol. The molecule has 1 amide bonds. The van der Waals surface area contributed by atoms with Crippen LogP contribution in [0.3, 0.4) is 0 Å². The first-order valence-electron chi connectivity index (χ1n) is 8.00. The minimum atomic E-state index is -0.427. The van der Waals surface area contributed by atoms with Crippen molar-refractivity contribution in [1.29, 1.82) is 0 Å². The molecule has 0 bridgehead atoms. The van der Waals surface area contributed by atoms with Gasteiger partial charge in [0.25, 0.3) is 0 Å². The highest BCUT2D eigenvalue weighted by Gasteiger charge is 2.18. The molecule has 5 nitrogen and oxygen atoms in total. The van der Waals surface area contributed by atoms with E-state index in [1.54, 1.807) is 7.11 Å². The third kappa shape index (κ3) is 6.03. The van der Waals surface area contributed by atoms with Gasteiger partial charge in [-0.25, -0.2) is 0 Å². The van der Waals surface area contributed by atoms with Crippen LogP contribution in [0, 0.1) is 0 Å². The topological polar surface area (TPSA) is 67.6 Å². The van der Waals surface area contributed by atoms with E-state index in [9.17, 15) is 4.79 Å². The predicted molar refractivity (Wildman–Crippen MR) is 89.8 cm³/mol. The summed E-state index contributed by atoms with van der Waals surface area (Å²) in [5, 5.41) is 3.32. The van der Waals surface area contributed by atoms with Crippen molar-refractivity contribution in [3.05, 3.63) is 29.8 Å². The number of rotatable bonds is 10. The normalized spacial score (nSPS) is 12.0. The fourth-order valence-corrected chi connectivity index (χ4v) is 2.32. The van der Waals surface area contributed by atoms with Crippen molar-refractivity contribution >= 4 is 5.91 Å². The maximum Gasteiger partial charge on any atom is 0.239 e. The Hall–Kier alpha value is -1.59. The molecule has 124 valence electrons. The van der Waals surface area contributed by atoms with Crippen molar-refractivity contribution in [2.45, 2.75) is 39.3 Å². The molecule has 0 aliphatic rings. The summed E-state index contributed by atoms with van der Waals surface area (Å²) in [6, 6.07) is 7.50. The van der Waals surface area contributed by atoms with Crippen LogP contribution in [0.1, 0.15) is 32.3 Å². The largest absolute Gasteiger partial charge is 0.497 e. The van der Waals surface area contributed by atoms with Gasteiger partial charge >= 0.3 is 0 Å². The fraction of sp³-hybridized carbons (Fsp3) is 0.588. The van der Waals surface area contributed by atoms with Crippen LogP contribution < -0.4 is 15.8 Å². The summed E-state index contributed by atoms with van der Waals surface area (Å²) in [5.41, 5.74) is 7.15. The minimum Gasteiger partial charge on any atom is -0.497 e. The van der Waals surface area contributed by atoms with Gasteiger partial charge in [-0.2, -0.15) is 0 Å². The second kappa shape index (κ2) is 10.2. The van der Waals surface area contributed by atoms with E-state index < -0.39 is 6.04 Å². The molecule has 0 heterocycles. The highest BCUT2D eigenvalue weighted by atomic mass is 16.5. The van der Waals surface area contributed by atoms with E-state index in [2.05, 4.69) is 12.2 Å². The number of benzene rings is 1. The molecule has 0 unspecified atom stereocenters. The molecule has 0 fully saturated rings. The molecule has 1 aromatic carbocycles. The minimum absolute atomic E-state index is 0.0486. The van der Waals surface area contributed by atoms with Crippen molar-refractivity contribution in [2.75, 3.05) is 26.7 Å². The van der Waals surface area contributed by atoms with Gasteiger partial charge in [0.2, 0.25) is 5.91 Å². The first-order valence-corrected chi connectivity index (χ1v) is 8.00. The molecule has 3 N–H and O–H groups in total. The summed E-state index contributed by atoms with van der Waals surface area (Å²) >= 11 is 0. The van der Waals surface area contributed by atoms with Crippen LogP contribution >= 0.6 is 0 Å². The van der Waals surface area contributed by atoms with Crippen LogP contribution in [0.25, 0.3) is 0 Å². The van der Waals surface area contributed by atoms with Gasteiger partial charge in [-0.3, -0.25) is 4.79 Å². The van der Waals surface area contributed by atoms with Crippen molar-refractivity contribution in [3.8, 4) is 5.75 Å². The number of nitrogens with two attached hydrogens (primary N) is 1. The summed E-state index contributed by atoms with van der Waals surface area (Å²) in [6.45, 7) is 7.01. The van der Waals surface area contributed by atoms with E-state index in [-0.39, 0.29) is 5.91 Å². The molecule has 0 aromatic heterocycles. The van der Waals surface area contributed by atoms with E-state index in [1.165, 1.54) is 0 Å². The lowest BCUT2D eigenvalue weighted by Crippen LogP contribution is -2.45. The van der Waals surface area contributed by atoms with Crippen LogP contribution in [0.2, 0.25) is 0 Å². The molecule has 0 aliphatic heterocycles. The van der Waals surface area contributed by atoms with Crippen LogP contribution in [0.4, 0.5) is 0 Å². The van der Waals surface area contributed by atoms with Crippen molar-refractivity contribution < 1.29 is 9.53 Å². The lowest BCUT2D eigenvalue weighted by Gasteiger charge is -2.23. The first kappa shape index (κ1) is 18.5. The number of methoxy groups -OCH3 is 1. The van der Waals surface area contributed by atoms with Gasteiger partial charge in [-0.15, -0.1) is 0 Å². The second-order valence-corrected chi connectivity index (χ2v) is 5.34. The number of carbonyl (C=O) groups is 1. The molecule has 1 atom stereocenters. The number of carbonyl (C=O) groups excluding carboxylic acids is 1. The Labute approximate surface area is 133 Å². The summed E-state index contributed by atoms with van der Waals surface area (Å²) in [5.74, 6) is 0.900. The van der Waals surface area contributed by atoms with Gasteiger partial charge in [0.1, 0.15) is 5.75 Å². The second-order valence-electron chi connectivity index (χ2n) is 5.34. The summed E-state index contributed by atoms with van der Waals surface area (Å²) < 4.78 is 5.19. The van der Waals surface area contributed by atoms with Crippen LogP contribution in [-0.4, -0.2) is 43.6 Å². The monoisotopic (exact) mass is 307 g/mol. The van der Waals surface area contributed by atoms with Gasteiger partial charge in [-0.05, 0) is 44.0 Å². The molecule has 0 saturated heterocycles. The zero-order valence-electron chi connectivity index (χ0n) is 14.0. The van der Waals surface area contributed by atoms with Crippen LogP contribution in [0.5, 0.6) is 5.75 Å². The number of likely N-dealkylation sites (N-methyl/N-ethyl adjacent to an activating group) is 1. The molecule has 1 aromatic rings. The summed E-state index contributed by atoms with van der Waals surface area (Å²) in [4.78, 5) is 14.0. The molecular formula is C17H29N3O2. The molecule has 0 aliphatic carbocycles. The molecule has 0 saturated carbocycles. The van der Waals surface area contributed by atoms with E-state index in [0.29, 0.717) is 13.0 Å². The lowest BCUT2D eigenvalue weighted by atomic mass is 10.1. The van der Waals surface area contributed by atoms with Gasteiger partial charge in [0, 0.05) is 19.6 Å². The number of nitrogens with zero attached hydrogens (tertiary/aromatic N) is 1. The first-order chi connectivity index (χ1) is 10.6. The lowest BCUT2D eigenvalue weighted by molar-refractivity contribution is -0.132. The average Bonchev–Trinajstić information content (AvgIpc) is 2.55. The quantitative estimate of drug-likeness (QED) is 0.646. The van der Waals surface area contributed by atoms with Crippen molar-refractivity contribution in [2.24, 2.45) is 5.73 Å². The third-order valence-electron chi connectivity index (χ3n) is 3.60. The van der Waals surface area contributed by atoms with E-state index >= 15 is 0 Å². The van der Waals surface area contributed by atoms with Gasteiger partial charge in [-0.1, -0.05) is 19.1 Å². The maximum absolute atomic E-state index is 12.2. The van der Waals surface area contributed by atoms with Crippen molar-refractivity contribution in [1.82, 2.24) is 10.2 Å². The Morgan fingerprint density at radius 3 is 2.82 bits per heavy atom. The van der Waals surface area contributed by atoms with Gasteiger partial charge in [0.05, 0.1) is 13.2 Å². The zero-order chi connectivity index (χ0) is 16.4. The number of nitrogens with one attached hydrogen (secondary N) is 1. The van der Waals surface area contributed by atoms with Crippen LogP contribution in [0.15, 0.2) is 24.3 Å². The van der Waals surface area contributed by atoms with E-state index in [1.807, 2.05) is 36.1 Å².